The zero-order valence-electron chi connectivity index (χ0n) is 11.6. The normalized spacial score (nSPS) is 47.1. The highest BCUT2D eigenvalue weighted by molar-refractivity contribution is 6.01. The van der Waals surface area contributed by atoms with Crippen LogP contribution < -0.4 is 0 Å². The molecule has 4 atom stereocenters. The number of carbonyl (C=O) groups excluding carboxylic acids is 1. The van der Waals surface area contributed by atoms with Crippen molar-refractivity contribution in [3.8, 4) is 0 Å². The van der Waals surface area contributed by atoms with Crippen molar-refractivity contribution >= 4 is 5.78 Å². The van der Waals surface area contributed by atoms with Crippen LogP contribution in [0, 0.1) is 11.8 Å². The first-order valence-electron chi connectivity index (χ1n) is 6.98. The first-order chi connectivity index (χ1) is 8.32. The van der Waals surface area contributed by atoms with Crippen LogP contribution in [0.3, 0.4) is 0 Å². The second-order valence-corrected chi connectivity index (χ2v) is 6.70. The van der Waals surface area contributed by atoms with Crippen LogP contribution >= 0.6 is 0 Å². The topological polar surface area (TPSA) is 46.5 Å². The summed E-state index contributed by atoms with van der Waals surface area (Å²) in [6.45, 7) is 8.27. The van der Waals surface area contributed by atoms with E-state index in [2.05, 4.69) is 13.8 Å². The van der Waals surface area contributed by atoms with Crippen LogP contribution in [0.4, 0.5) is 0 Å². The summed E-state index contributed by atoms with van der Waals surface area (Å²) in [4.78, 5) is 12.2. The standard InChI is InChI=1S/C15H22O3/c1-8(2)15-6-5-14(4,18-15)12-10(16)7-9(3)11(12)13(15)17/h8-9,13,17H,5-7H2,1-4H3. The van der Waals surface area contributed by atoms with E-state index in [-0.39, 0.29) is 17.6 Å². The van der Waals surface area contributed by atoms with Crippen LogP contribution in [0.1, 0.15) is 47.0 Å². The maximum absolute atomic E-state index is 12.2. The molecule has 0 spiro atoms. The highest BCUT2D eigenvalue weighted by Gasteiger charge is 2.62. The second kappa shape index (κ2) is 3.45. The van der Waals surface area contributed by atoms with E-state index in [9.17, 15) is 9.90 Å². The van der Waals surface area contributed by atoms with E-state index in [1.807, 2.05) is 13.8 Å². The number of aliphatic hydroxyl groups is 1. The maximum atomic E-state index is 12.2. The van der Waals surface area contributed by atoms with Crippen molar-refractivity contribution < 1.29 is 14.6 Å². The Hall–Kier alpha value is -0.670. The highest BCUT2D eigenvalue weighted by atomic mass is 16.5. The molecule has 0 radical (unpaired) electrons. The molecule has 1 fully saturated rings. The molecule has 100 valence electrons. The van der Waals surface area contributed by atoms with Gasteiger partial charge in [0.1, 0.15) is 11.7 Å². The monoisotopic (exact) mass is 250 g/mol. The molecule has 3 nitrogen and oxygen atoms in total. The number of fused-ring (bicyclic) bond motifs is 3. The van der Waals surface area contributed by atoms with Gasteiger partial charge in [-0.25, -0.2) is 0 Å². The lowest BCUT2D eigenvalue weighted by Crippen LogP contribution is -2.54. The van der Waals surface area contributed by atoms with Gasteiger partial charge in [-0.15, -0.1) is 0 Å². The Labute approximate surface area is 108 Å². The fourth-order valence-corrected chi connectivity index (χ4v) is 4.21. The summed E-state index contributed by atoms with van der Waals surface area (Å²) in [7, 11) is 0. The number of aliphatic hydroxyl groups excluding tert-OH is 1. The SMILES string of the molecule is CC1CC(=O)C2=C1C(O)C1(C(C)C)CCC2(C)O1. The lowest BCUT2D eigenvalue weighted by Gasteiger charge is -2.45. The van der Waals surface area contributed by atoms with Gasteiger partial charge < -0.3 is 9.84 Å². The molecule has 2 aliphatic heterocycles. The molecule has 1 N–H and O–H groups in total. The van der Waals surface area contributed by atoms with Crippen molar-refractivity contribution in [2.45, 2.75) is 64.3 Å². The summed E-state index contributed by atoms with van der Waals surface area (Å²) >= 11 is 0. The highest BCUT2D eigenvalue weighted by Crippen LogP contribution is 2.57. The van der Waals surface area contributed by atoms with Gasteiger partial charge in [0.05, 0.1) is 5.60 Å². The smallest absolute Gasteiger partial charge is 0.162 e. The molecule has 18 heavy (non-hydrogen) atoms. The van der Waals surface area contributed by atoms with Crippen LogP contribution in [-0.2, 0) is 9.53 Å². The lowest BCUT2D eigenvalue weighted by molar-refractivity contribution is -0.166. The Morgan fingerprint density at radius 2 is 2.06 bits per heavy atom. The van der Waals surface area contributed by atoms with E-state index in [1.165, 1.54) is 0 Å². The number of hydrogen-bond donors (Lipinski definition) is 1. The van der Waals surface area contributed by atoms with Crippen LogP contribution in [-0.4, -0.2) is 28.2 Å². The predicted octanol–water partition coefficient (Wildman–Crippen LogP) is 2.23. The predicted molar refractivity (Wildman–Crippen MR) is 68.1 cm³/mol. The Kier molecular flexibility index (Phi) is 2.37. The van der Waals surface area contributed by atoms with Gasteiger partial charge in [-0.2, -0.15) is 0 Å². The second-order valence-electron chi connectivity index (χ2n) is 6.70. The third-order valence-electron chi connectivity index (χ3n) is 5.26. The summed E-state index contributed by atoms with van der Waals surface area (Å²) in [5.41, 5.74) is 0.823. The summed E-state index contributed by atoms with van der Waals surface area (Å²) in [5, 5.41) is 10.8. The summed E-state index contributed by atoms with van der Waals surface area (Å²) in [6, 6.07) is 0. The van der Waals surface area contributed by atoms with Crippen molar-refractivity contribution in [2.75, 3.05) is 0 Å². The molecule has 1 saturated heterocycles. The number of carbonyl (C=O) groups is 1. The first-order valence-corrected chi connectivity index (χ1v) is 6.98. The molecule has 0 saturated carbocycles. The molecule has 2 heterocycles. The Morgan fingerprint density at radius 1 is 1.39 bits per heavy atom. The van der Waals surface area contributed by atoms with E-state index < -0.39 is 17.3 Å². The molecule has 0 aromatic heterocycles. The van der Waals surface area contributed by atoms with Crippen LogP contribution in [0.15, 0.2) is 11.1 Å². The van der Waals surface area contributed by atoms with E-state index in [1.54, 1.807) is 0 Å². The molecule has 4 unspecified atom stereocenters. The fourth-order valence-electron chi connectivity index (χ4n) is 4.21. The number of ether oxygens (including phenoxy) is 1. The molecular weight excluding hydrogens is 228 g/mol. The van der Waals surface area contributed by atoms with Crippen molar-refractivity contribution in [3.05, 3.63) is 11.1 Å². The van der Waals surface area contributed by atoms with Crippen LogP contribution in [0.5, 0.6) is 0 Å². The number of hydrogen-bond acceptors (Lipinski definition) is 3. The molecule has 0 amide bonds. The van der Waals surface area contributed by atoms with E-state index in [0.29, 0.717) is 6.42 Å². The van der Waals surface area contributed by atoms with Gasteiger partial charge in [-0.1, -0.05) is 20.8 Å². The fraction of sp³-hybridized carbons (Fsp3) is 0.800. The third-order valence-corrected chi connectivity index (χ3v) is 5.26. The summed E-state index contributed by atoms with van der Waals surface area (Å²) in [6.07, 6.45) is 1.62. The molecule has 1 aliphatic carbocycles. The minimum atomic E-state index is -0.607. The largest absolute Gasteiger partial charge is 0.386 e. The third kappa shape index (κ3) is 1.24. The molecule has 0 aromatic carbocycles. The van der Waals surface area contributed by atoms with Gasteiger partial charge in [0.15, 0.2) is 5.78 Å². The van der Waals surface area contributed by atoms with E-state index in [4.69, 9.17) is 4.74 Å². The van der Waals surface area contributed by atoms with Gasteiger partial charge in [-0.05, 0) is 37.2 Å². The Balaban J connectivity index is 2.18. The zero-order valence-corrected chi connectivity index (χ0v) is 11.6. The molecule has 3 rings (SSSR count). The quantitative estimate of drug-likeness (QED) is 0.776. The summed E-state index contributed by atoms with van der Waals surface area (Å²) in [5.74, 6) is 0.603. The van der Waals surface area contributed by atoms with Crippen molar-refractivity contribution in [1.29, 1.82) is 0 Å². The van der Waals surface area contributed by atoms with Crippen molar-refractivity contribution in [3.63, 3.8) is 0 Å². The van der Waals surface area contributed by atoms with Crippen LogP contribution in [0.25, 0.3) is 0 Å². The van der Waals surface area contributed by atoms with Crippen LogP contribution in [0.2, 0.25) is 0 Å². The van der Waals surface area contributed by atoms with Gasteiger partial charge in [0.25, 0.3) is 0 Å². The molecule has 3 aliphatic rings. The van der Waals surface area contributed by atoms with Crippen molar-refractivity contribution in [1.82, 2.24) is 0 Å². The molecule has 3 heteroatoms. The Morgan fingerprint density at radius 3 is 2.67 bits per heavy atom. The van der Waals surface area contributed by atoms with Gasteiger partial charge >= 0.3 is 0 Å². The van der Waals surface area contributed by atoms with Crippen molar-refractivity contribution in [2.24, 2.45) is 11.8 Å². The summed E-state index contributed by atoms with van der Waals surface area (Å²) < 4.78 is 6.25. The van der Waals surface area contributed by atoms with E-state index >= 15 is 0 Å². The molecule has 0 aromatic rings. The van der Waals surface area contributed by atoms with Gasteiger partial charge in [-0.3, -0.25) is 4.79 Å². The average molecular weight is 250 g/mol. The zero-order chi connectivity index (χ0) is 13.3. The Bertz CT molecular complexity index is 451. The first kappa shape index (κ1) is 12.4. The minimum absolute atomic E-state index is 0.168. The maximum Gasteiger partial charge on any atom is 0.162 e. The molecule has 2 bridgehead atoms. The average Bonchev–Trinajstić information content (AvgIpc) is 2.75. The number of ketones is 1. The van der Waals surface area contributed by atoms with E-state index in [0.717, 1.165) is 24.0 Å². The minimum Gasteiger partial charge on any atom is -0.386 e. The van der Waals surface area contributed by atoms with Gasteiger partial charge in [0.2, 0.25) is 0 Å². The number of rotatable bonds is 1. The lowest BCUT2D eigenvalue weighted by atomic mass is 9.77. The number of Topliss-reactive ketones (excluding diaryl/α,β-unsaturated/α-hetero) is 1. The molecular formula is C15H22O3. The van der Waals surface area contributed by atoms with Gasteiger partial charge in [0, 0.05) is 12.0 Å².